The number of nitrogens with one attached hydrogen (secondary N) is 1. The molecule has 1 saturated carbocycles. The van der Waals surface area contributed by atoms with E-state index >= 15 is 0 Å². The SMILES string of the molecule is CCc1nnc(NCC2CCCCC2Cl)nc1CC. The predicted molar refractivity (Wildman–Crippen MR) is 78.7 cm³/mol. The van der Waals surface area contributed by atoms with Crippen LogP contribution in [0.4, 0.5) is 5.95 Å². The van der Waals surface area contributed by atoms with E-state index in [-0.39, 0.29) is 5.38 Å². The van der Waals surface area contributed by atoms with Crippen molar-refractivity contribution >= 4 is 17.5 Å². The van der Waals surface area contributed by atoms with Gasteiger partial charge in [-0.2, -0.15) is 5.10 Å². The molecule has 0 aliphatic heterocycles. The third-order valence-corrected chi connectivity index (χ3v) is 4.42. The highest BCUT2D eigenvalue weighted by Gasteiger charge is 2.23. The van der Waals surface area contributed by atoms with E-state index in [4.69, 9.17) is 11.6 Å². The number of hydrogen-bond acceptors (Lipinski definition) is 4. The highest BCUT2D eigenvalue weighted by atomic mass is 35.5. The number of rotatable bonds is 5. The Balaban J connectivity index is 1.95. The van der Waals surface area contributed by atoms with Gasteiger partial charge < -0.3 is 5.32 Å². The van der Waals surface area contributed by atoms with Crippen LogP contribution in [0.2, 0.25) is 0 Å². The zero-order valence-corrected chi connectivity index (χ0v) is 12.6. The van der Waals surface area contributed by atoms with Crippen LogP contribution in [0.25, 0.3) is 0 Å². The van der Waals surface area contributed by atoms with Gasteiger partial charge in [-0.05, 0) is 31.6 Å². The number of alkyl halides is 1. The van der Waals surface area contributed by atoms with Crippen molar-refractivity contribution in [3.8, 4) is 0 Å². The van der Waals surface area contributed by atoms with E-state index in [1.165, 1.54) is 19.3 Å². The monoisotopic (exact) mass is 282 g/mol. The Morgan fingerprint density at radius 3 is 2.53 bits per heavy atom. The Morgan fingerprint density at radius 1 is 1.11 bits per heavy atom. The summed E-state index contributed by atoms with van der Waals surface area (Å²) in [4.78, 5) is 4.54. The lowest BCUT2D eigenvalue weighted by Crippen LogP contribution is -2.27. The first-order chi connectivity index (χ1) is 9.24. The van der Waals surface area contributed by atoms with Gasteiger partial charge in [-0.25, -0.2) is 4.98 Å². The van der Waals surface area contributed by atoms with Gasteiger partial charge in [-0.3, -0.25) is 0 Å². The second kappa shape index (κ2) is 7.04. The van der Waals surface area contributed by atoms with Gasteiger partial charge >= 0.3 is 0 Å². The van der Waals surface area contributed by atoms with Crippen molar-refractivity contribution in [1.82, 2.24) is 15.2 Å². The molecule has 0 radical (unpaired) electrons. The maximum atomic E-state index is 6.36. The first kappa shape index (κ1) is 14.5. The van der Waals surface area contributed by atoms with Crippen LogP contribution in [-0.4, -0.2) is 27.1 Å². The highest BCUT2D eigenvalue weighted by molar-refractivity contribution is 6.20. The van der Waals surface area contributed by atoms with Crippen molar-refractivity contribution in [2.45, 2.75) is 57.7 Å². The molecule has 2 rings (SSSR count). The number of anilines is 1. The van der Waals surface area contributed by atoms with Gasteiger partial charge in [0.1, 0.15) is 0 Å². The Labute approximate surface area is 120 Å². The van der Waals surface area contributed by atoms with Crippen molar-refractivity contribution in [3.63, 3.8) is 0 Å². The molecule has 1 aromatic rings. The van der Waals surface area contributed by atoms with Crippen LogP contribution in [0, 0.1) is 5.92 Å². The van der Waals surface area contributed by atoms with Crippen molar-refractivity contribution in [2.24, 2.45) is 5.92 Å². The summed E-state index contributed by atoms with van der Waals surface area (Å²) in [5.41, 5.74) is 2.05. The standard InChI is InChI=1S/C14H23ClN4/c1-3-12-13(4-2)18-19-14(17-12)16-9-10-7-5-6-8-11(10)15/h10-11H,3-9H2,1-2H3,(H,16,17,19). The highest BCUT2D eigenvalue weighted by Crippen LogP contribution is 2.28. The van der Waals surface area contributed by atoms with E-state index in [9.17, 15) is 0 Å². The van der Waals surface area contributed by atoms with Crippen LogP contribution in [-0.2, 0) is 12.8 Å². The largest absolute Gasteiger partial charge is 0.353 e. The molecule has 1 fully saturated rings. The van der Waals surface area contributed by atoms with Crippen LogP contribution in [0.3, 0.4) is 0 Å². The molecule has 1 N–H and O–H groups in total. The van der Waals surface area contributed by atoms with E-state index in [1.54, 1.807) is 0 Å². The summed E-state index contributed by atoms with van der Waals surface area (Å²) in [6.45, 7) is 5.03. The summed E-state index contributed by atoms with van der Waals surface area (Å²) < 4.78 is 0. The Kier molecular flexibility index (Phi) is 5.37. The molecular weight excluding hydrogens is 260 g/mol. The van der Waals surface area contributed by atoms with Crippen LogP contribution in [0.15, 0.2) is 0 Å². The third-order valence-electron chi connectivity index (χ3n) is 3.85. The average Bonchev–Trinajstić information content (AvgIpc) is 2.46. The number of hydrogen-bond donors (Lipinski definition) is 1. The molecule has 0 amide bonds. The van der Waals surface area contributed by atoms with Gasteiger partial charge in [0, 0.05) is 11.9 Å². The molecule has 2 atom stereocenters. The lowest BCUT2D eigenvalue weighted by molar-refractivity contribution is 0.380. The van der Waals surface area contributed by atoms with Crippen LogP contribution < -0.4 is 5.32 Å². The molecule has 0 bridgehead atoms. The molecule has 106 valence electrons. The maximum absolute atomic E-state index is 6.36. The van der Waals surface area contributed by atoms with Crippen molar-refractivity contribution < 1.29 is 0 Å². The fourth-order valence-corrected chi connectivity index (χ4v) is 3.00. The minimum Gasteiger partial charge on any atom is -0.353 e. The molecule has 1 heterocycles. The number of halogens is 1. The molecule has 1 aliphatic carbocycles. The number of aryl methyl sites for hydroxylation is 2. The van der Waals surface area contributed by atoms with Crippen LogP contribution in [0.5, 0.6) is 0 Å². The van der Waals surface area contributed by atoms with Crippen molar-refractivity contribution in [3.05, 3.63) is 11.4 Å². The van der Waals surface area contributed by atoms with Crippen LogP contribution in [0.1, 0.15) is 50.9 Å². The van der Waals surface area contributed by atoms with Crippen molar-refractivity contribution in [2.75, 3.05) is 11.9 Å². The van der Waals surface area contributed by atoms with E-state index < -0.39 is 0 Å². The molecule has 1 aromatic heterocycles. The second-order valence-electron chi connectivity index (χ2n) is 5.18. The lowest BCUT2D eigenvalue weighted by Gasteiger charge is -2.27. The third kappa shape index (κ3) is 3.78. The Hall–Kier alpha value is -0.900. The van der Waals surface area contributed by atoms with Crippen molar-refractivity contribution in [1.29, 1.82) is 0 Å². The predicted octanol–water partition coefficient (Wildman–Crippen LogP) is 3.21. The molecule has 0 saturated heterocycles. The van der Waals surface area contributed by atoms with Gasteiger partial charge in [-0.1, -0.05) is 26.7 Å². The molecular formula is C14H23ClN4. The summed E-state index contributed by atoms with van der Waals surface area (Å²) in [6, 6.07) is 0. The minimum absolute atomic E-state index is 0.287. The van der Waals surface area contributed by atoms with Crippen LogP contribution >= 0.6 is 11.6 Å². The minimum atomic E-state index is 0.287. The zero-order valence-electron chi connectivity index (χ0n) is 11.8. The lowest BCUT2D eigenvalue weighted by atomic mass is 9.89. The molecule has 19 heavy (non-hydrogen) atoms. The molecule has 5 heteroatoms. The van der Waals surface area contributed by atoms with E-state index in [0.717, 1.165) is 37.2 Å². The van der Waals surface area contributed by atoms with E-state index in [0.29, 0.717) is 11.9 Å². The number of nitrogens with zero attached hydrogens (tertiary/aromatic N) is 3. The Bertz CT molecular complexity index is 410. The fourth-order valence-electron chi connectivity index (χ4n) is 2.63. The van der Waals surface area contributed by atoms with E-state index in [1.807, 2.05) is 0 Å². The summed E-state index contributed by atoms with van der Waals surface area (Å²) in [6.07, 6.45) is 6.65. The Morgan fingerprint density at radius 2 is 1.84 bits per heavy atom. The van der Waals surface area contributed by atoms with Gasteiger partial charge in [-0.15, -0.1) is 16.7 Å². The summed E-state index contributed by atoms with van der Waals surface area (Å²) >= 11 is 6.36. The molecule has 1 aliphatic rings. The summed E-state index contributed by atoms with van der Waals surface area (Å²) in [5, 5.41) is 12.0. The van der Waals surface area contributed by atoms with Gasteiger partial charge in [0.25, 0.3) is 0 Å². The molecule has 0 aromatic carbocycles. The zero-order chi connectivity index (χ0) is 13.7. The summed E-state index contributed by atoms with van der Waals surface area (Å²) in [5.74, 6) is 1.17. The normalized spacial score (nSPS) is 23.3. The maximum Gasteiger partial charge on any atom is 0.242 e. The quantitative estimate of drug-likeness (QED) is 0.843. The molecule has 4 nitrogen and oxygen atoms in total. The van der Waals surface area contributed by atoms with Gasteiger partial charge in [0.05, 0.1) is 11.4 Å². The van der Waals surface area contributed by atoms with Gasteiger partial charge in [0.15, 0.2) is 0 Å². The first-order valence-electron chi connectivity index (χ1n) is 7.35. The molecule has 2 unspecified atom stereocenters. The smallest absolute Gasteiger partial charge is 0.242 e. The van der Waals surface area contributed by atoms with Gasteiger partial charge in [0.2, 0.25) is 5.95 Å². The fraction of sp³-hybridized carbons (Fsp3) is 0.786. The van der Waals surface area contributed by atoms with E-state index in [2.05, 4.69) is 34.3 Å². The topological polar surface area (TPSA) is 50.7 Å². The summed E-state index contributed by atoms with van der Waals surface area (Å²) in [7, 11) is 0. The second-order valence-corrected chi connectivity index (χ2v) is 5.74. The molecule has 0 spiro atoms. The first-order valence-corrected chi connectivity index (χ1v) is 7.78. The average molecular weight is 283 g/mol. The number of aromatic nitrogens is 3.